The van der Waals surface area contributed by atoms with E-state index >= 15 is 0 Å². The molecule has 1 aliphatic heterocycles. The maximum absolute atomic E-state index is 11.9. The maximum atomic E-state index is 11.9. The first-order valence-electron chi connectivity index (χ1n) is 5.54. The number of alkyl halides is 1. The number of nitrogens with one attached hydrogen (secondary N) is 1. The van der Waals surface area contributed by atoms with Gasteiger partial charge in [-0.05, 0) is 26.7 Å². The SMILES string of the molecule is Cc1nc(C2CCCN2S(=O)(=O)CBr)[nH]c1C. The van der Waals surface area contributed by atoms with Crippen LogP contribution in [0.4, 0.5) is 0 Å². The van der Waals surface area contributed by atoms with Gasteiger partial charge >= 0.3 is 0 Å². The Morgan fingerprint density at radius 1 is 1.53 bits per heavy atom. The third kappa shape index (κ3) is 2.41. The van der Waals surface area contributed by atoms with Gasteiger partial charge in [-0.1, -0.05) is 15.9 Å². The number of aromatic amines is 1. The summed E-state index contributed by atoms with van der Waals surface area (Å²) < 4.78 is 25.3. The minimum absolute atomic E-state index is 0.0326. The average Bonchev–Trinajstić information content (AvgIpc) is 2.87. The van der Waals surface area contributed by atoms with Crippen molar-refractivity contribution in [2.45, 2.75) is 32.7 Å². The van der Waals surface area contributed by atoms with Crippen LogP contribution in [0.1, 0.15) is 36.1 Å². The molecule has 0 amide bonds. The topological polar surface area (TPSA) is 66.1 Å². The van der Waals surface area contributed by atoms with E-state index in [1.807, 2.05) is 13.8 Å². The van der Waals surface area contributed by atoms with E-state index in [1.165, 1.54) is 0 Å². The van der Waals surface area contributed by atoms with Crippen molar-refractivity contribution < 1.29 is 8.42 Å². The van der Waals surface area contributed by atoms with Crippen molar-refractivity contribution in [3.05, 3.63) is 17.2 Å². The molecule has 1 aromatic rings. The lowest BCUT2D eigenvalue weighted by molar-refractivity contribution is 0.387. The summed E-state index contributed by atoms with van der Waals surface area (Å²) in [6.07, 6.45) is 1.72. The Bertz CT molecular complexity index is 492. The van der Waals surface area contributed by atoms with Crippen LogP contribution in [0.2, 0.25) is 0 Å². The minimum Gasteiger partial charge on any atom is -0.345 e. The van der Waals surface area contributed by atoms with E-state index in [2.05, 4.69) is 25.9 Å². The molecule has 1 unspecified atom stereocenters. The molecule has 96 valence electrons. The number of sulfonamides is 1. The zero-order valence-corrected chi connectivity index (χ0v) is 12.3. The fraction of sp³-hybridized carbons (Fsp3) is 0.700. The van der Waals surface area contributed by atoms with Crippen LogP contribution in [0, 0.1) is 13.8 Å². The van der Waals surface area contributed by atoms with Crippen LogP contribution in [0.15, 0.2) is 0 Å². The van der Waals surface area contributed by atoms with E-state index in [4.69, 9.17) is 0 Å². The highest BCUT2D eigenvalue weighted by atomic mass is 79.9. The molecule has 1 N–H and O–H groups in total. The first-order chi connectivity index (χ1) is 7.95. The Morgan fingerprint density at radius 3 is 2.76 bits per heavy atom. The van der Waals surface area contributed by atoms with E-state index in [0.29, 0.717) is 6.54 Å². The van der Waals surface area contributed by atoms with Gasteiger partial charge in [-0.25, -0.2) is 13.4 Å². The molecule has 5 nitrogen and oxygen atoms in total. The molecule has 0 aliphatic carbocycles. The summed E-state index contributed by atoms with van der Waals surface area (Å²) in [6, 6.07) is -0.134. The number of hydrogen-bond donors (Lipinski definition) is 1. The van der Waals surface area contributed by atoms with E-state index in [0.717, 1.165) is 30.1 Å². The lowest BCUT2D eigenvalue weighted by atomic mass is 10.2. The standard InChI is InChI=1S/C10H16BrN3O2S/c1-7-8(2)13-10(12-7)9-4-3-5-14(9)17(15,16)6-11/h9H,3-6H2,1-2H3,(H,12,13). The monoisotopic (exact) mass is 321 g/mol. The lowest BCUT2D eigenvalue weighted by Crippen LogP contribution is -2.31. The highest BCUT2D eigenvalue weighted by Gasteiger charge is 2.36. The summed E-state index contributed by atoms with van der Waals surface area (Å²) in [7, 11) is -3.21. The number of aryl methyl sites for hydroxylation is 2. The van der Waals surface area contributed by atoms with Gasteiger partial charge in [0.15, 0.2) is 0 Å². The summed E-state index contributed by atoms with van der Waals surface area (Å²) in [5.74, 6) is 0.766. The van der Waals surface area contributed by atoms with Crippen LogP contribution in [-0.4, -0.2) is 33.9 Å². The number of H-pyrrole nitrogens is 1. The van der Waals surface area contributed by atoms with Gasteiger partial charge in [-0.2, -0.15) is 4.31 Å². The van der Waals surface area contributed by atoms with Gasteiger partial charge in [0, 0.05) is 12.2 Å². The van der Waals surface area contributed by atoms with Crippen LogP contribution in [0.5, 0.6) is 0 Å². The van der Waals surface area contributed by atoms with E-state index in [1.54, 1.807) is 4.31 Å². The Labute approximate surface area is 110 Å². The number of halogens is 1. The average molecular weight is 322 g/mol. The summed E-state index contributed by atoms with van der Waals surface area (Å²) in [5, 5.41) is 0. The quantitative estimate of drug-likeness (QED) is 0.864. The smallest absolute Gasteiger partial charge is 0.224 e. The molecule has 0 bridgehead atoms. The molecule has 0 saturated carbocycles. The molecule has 1 aliphatic rings. The van der Waals surface area contributed by atoms with Gasteiger partial charge in [-0.15, -0.1) is 0 Å². The molecule has 0 aromatic carbocycles. The summed E-state index contributed by atoms with van der Waals surface area (Å²) >= 11 is 3.04. The Morgan fingerprint density at radius 2 is 2.24 bits per heavy atom. The van der Waals surface area contributed by atoms with Crippen LogP contribution < -0.4 is 0 Å². The molecular weight excluding hydrogens is 306 g/mol. The number of imidazole rings is 1. The number of aromatic nitrogens is 2. The molecule has 0 radical (unpaired) electrons. The minimum atomic E-state index is -3.21. The molecule has 2 heterocycles. The number of hydrogen-bond acceptors (Lipinski definition) is 3. The van der Waals surface area contributed by atoms with Crippen LogP contribution in [0.3, 0.4) is 0 Å². The van der Waals surface area contributed by atoms with E-state index in [9.17, 15) is 8.42 Å². The Kier molecular flexibility index (Phi) is 3.61. The first-order valence-corrected chi connectivity index (χ1v) is 8.27. The fourth-order valence-electron chi connectivity index (χ4n) is 2.14. The van der Waals surface area contributed by atoms with E-state index < -0.39 is 10.0 Å². The van der Waals surface area contributed by atoms with Crippen molar-refractivity contribution in [2.75, 3.05) is 11.2 Å². The van der Waals surface area contributed by atoms with Crippen molar-refractivity contribution in [1.82, 2.24) is 14.3 Å². The van der Waals surface area contributed by atoms with Crippen LogP contribution in [0.25, 0.3) is 0 Å². The highest BCUT2D eigenvalue weighted by molar-refractivity contribution is 9.10. The van der Waals surface area contributed by atoms with Crippen molar-refractivity contribution >= 4 is 26.0 Å². The van der Waals surface area contributed by atoms with Gasteiger partial charge in [0.1, 0.15) is 10.5 Å². The van der Waals surface area contributed by atoms with Gasteiger partial charge < -0.3 is 4.98 Å². The van der Waals surface area contributed by atoms with Gasteiger partial charge in [0.25, 0.3) is 0 Å². The predicted molar refractivity (Wildman–Crippen MR) is 69.5 cm³/mol. The number of nitrogens with zero attached hydrogens (tertiary/aromatic N) is 2. The summed E-state index contributed by atoms with van der Waals surface area (Å²) in [6.45, 7) is 4.45. The van der Waals surface area contributed by atoms with E-state index in [-0.39, 0.29) is 10.7 Å². The Balaban J connectivity index is 2.32. The number of rotatable bonds is 3. The lowest BCUT2D eigenvalue weighted by Gasteiger charge is -2.21. The van der Waals surface area contributed by atoms with Crippen molar-refractivity contribution in [1.29, 1.82) is 0 Å². The molecule has 0 spiro atoms. The maximum Gasteiger partial charge on any atom is 0.224 e. The molecule has 2 rings (SSSR count). The molecule has 1 saturated heterocycles. The normalized spacial score (nSPS) is 22.2. The highest BCUT2D eigenvalue weighted by Crippen LogP contribution is 2.33. The van der Waals surface area contributed by atoms with Crippen LogP contribution in [-0.2, 0) is 10.0 Å². The molecule has 1 aromatic heterocycles. The Hall–Kier alpha value is -0.400. The fourth-order valence-corrected chi connectivity index (χ4v) is 4.06. The summed E-state index contributed by atoms with van der Waals surface area (Å²) in [4.78, 5) is 7.59. The van der Waals surface area contributed by atoms with Crippen LogP contribution >= 0.6 is 15.9 Å². The van der Waals surface area contributed by atoms with Gasteiger partial charge in [0.05, 0.1) is 11.7 Å². The second-order valence-electron chi connectivity index (χ2n) is 4.32. The molecule has 1 fully saturated rings. The molecule has 7 heteroatoms. The third-order valence-electron chi connectivity index (χ3n) is 3.16. The van der Waals surface area contributed by atoms with Crippen molar-refractivity contribution in [3.63, 3.8) is 0 Å². The zero-order chi connectivity index (χ0) is 12.6. The predicted octanol–water partition coefficient (Wildman–Crippen LogP) is 1.85. The van der Waals surface area contributed by atoms with Gasteiger partial charge in [-0.3, -0.25) is 0 Å². The zero-order valence-electron chi connectivity index (χ0n) is 9.90. The largest absolute Gasteiger partial charge is 0.345 e. The first kappa shape index (κ1) is 13.0. The molecular formula is C10H16BrN3O2S. The summed E-state index contributed by atoms with van der Waals surface area (Å²) in [5.41, 5.74) is 1.94. The molecule has 17 heavy (non-hydrogen) atoms. The van der Waals surface area contributed by atoms with Crippen molar-refractivity contribution in [2.24, 2.45) is 0 Å². The molecule has 1 atom stereocenters. The third-order valence-corrected chi connectivity index (χ3v) is 6.32. The van der Waals surface area contributed by atoms with Gasteiger partial charge in [0.2, 0.25) is 10.0 Å². The second-order valence-corrected chi connectivity index (χ2v) is 7.55. The second kappa shape index (κ2) is 4.70. The van der Waals surface area contributed by atoms with Crippen molar-refractivity contribution in [3.8, 4) is 0 Å².